The molecule has 0 aliphatic heterocycles. The van der Waals surface area contributed by atoms with Gasteiger partial charge in [-0.3, -0.25) is 9.35 Å². The Kier molecular flexibility index (Phi) is 9.43. The molecule has 0 unspecified atom stereocenters. The maximum atomic E-state index is 13.4. The number of amides is 1. The molecule has 190 valence electrons. The fourth-order valence-corrected chi connectivity index (χ4v) is 5.10. The van der Waals surface area contributed by atoms with E-state index in [2.05, 4.69) is 15.5 Å². The van der Waals surface area contributed by atoms with Crippen molar-refractivity contribution in [3.05, 3.63) is 81.8 Å². The molecular formula is C25H18Cl2N3NaO6S. The number of methoxy groups -OCH3 is 1. The zero-order chi connectivity index (χ0) is 26.9. The van der Waals surface area contributed by atoms with E-state index >= 15 is 0 Å². The van der Waals surface area contributed by atoms with Crippen molar-refractivity contribution in [3.8, 4) is 11.5 Å². The molecule has 13 heteroatoms. The fraction of sp³-hybridized carbons (Fsp3) is 0.0800. The van der Waals surface area contributed by atoms with Crippen LogP contribution in [0.4, 0.5) is 17.1 Å². The fourth-order valence-electron chi connectivity index (χ4n) is 3.65. The first-order chi connectivity index (χ1) is 17.5. The summed E-state index contributed by atoms with van der Waals surface area (Å²) in [4.78, 5) is 12.5. The minimum atomic E-state index is -4.76. The zero-order valence-electron chi connectivity index (χ0n) is 20.3. The molecule has 4 rings (SSSR count). The van der Waals surface area contributed by atoms with E-state index in [-0.39, 0.29) is 62.2 Å². The van der Waals surface area contributed by atoms with Crippen molar-refractivity contribution in [3.63, 3.8) is 0 Å². The van der Waals surface area contributed by atoms with Crippen molar-refractivity contribution in [2.75, 3.05) is 12.4 Å². The summed E-state index contributed by atoms with van der Waals surface area (Å²) in [5, 5.41) is 24.8. The van der Waals surface area contributed by atoms with Gasteiger partial charge in [-0.15, -0.1) is 5.11 Å². The Morgan fingerprint density at radius 3 is 2.39 bits per heavy atom. The number of hydrogen-bond acceptors (Lipinski definition) is 7. The molecule has 4 aromatic carbocycles. The van der Waals surface area contributed by atoms with E-state index in [0.29, 0.717) is 22.1 Å². The van der Waals surface area contributed by atoms with Crippen molar-refractivity contribution in [1.29, 1.82) is 0 Å². The van der Waals surface area contributed by atoms with Crippen LogP contribution in [-0.2, 0) is 10.1 Å². The normalized spacial score (nSPS) is 11.4. The zero-order valence-corrected chi connectivity index (χ0v) is 24.6. The predicted molar refractivity (Wildman–Crippen MR) is 140 cm³/mol. The third-order valence-electron chi connectivity index (χ3n) is 5.44. The summed E-state index contributed by atoms with van der Waals surface area (Å²) >= 11 is 12.3. The average molecular weight is 582 g/mol. The van der Waals surface area contributed by atoms with Crippen molar-refractivity contribution in [2.24, 2.45) is 10.2 Å². The smallest absolute Gasteiger partial charge is 0.870 e. The molecule has 0 saturated carbocycles. The molecule has 0 aromatic heterocycles. The topological polar surface area (TPSA) is 140 Å². The molecule has 0 heterocycles. The van der Waals surface area contributed by atoms with E-state index < -0.39 is 26.7 Å². The van der Waals surface area contributed by atoms with Gasteiger partial charge in [0, 0.05) is 10.9 Å². The van der Waals surface area contributed by atoms with E-state index in [4.69, 9.17) is 27.9 Å². The maximum Gasteiger partial charge on any atom is 1.00 e. The molecule has 2 N–H and O–H groups in total. The van der Waals surface area contributed by atoms with Gasteiger partial charge in [-0.1, -0.05) is 65.3 Å². The Morgan fingerprint density at radius 1 is 1.03 bits per heavy atom. The van der Waals surface area contributed by atoms with Crippen molar-refractivity contribution < 1.29 is 57.2 Å². The largest absolute Gasteiger partial charge is 1.00 e. The number of nitrogens with one attached hydrogen (secondary N) is 1. The van der Waals surface area contributed by atoms with Gasteiger partial charge < -0.3 is 15.2 Å². The summed E-state index contributed by atoms with van der Waals surface area (Å²) in [5.74, 6) is -1.17. The molecule has 0 saturated heterocycles. The molecule has 0 bridgehead atoms. The van der Waals surface area contributed by atoms with Crippen LogP contribution in [0.2, 0.25) is 10.0 Å². The minimum absolute atomic E-state index is 0. The number of hydrogen-bond donors (Lipinski definition) is 2. The first kappa shape index (κ1) is 29.9. The number of carbonyl (C=O) groups excluding carboxylic acids is 1. The number of rotatable bonds is 6. The van der Waals surface area contributed by atoms with Gasteiger partial charge in [-0.2, -0.15) is 13.5 Å². The number of anilines is 1. The van der Waals surface area contributed by atoms with Gasteiger partial charge in [-0.05, 0) is 42.1 Å². The van der Waals surface area contributed by atoms with Crippen LogP contribution in [0.1, 0.15) is 15.9 Å². The molecule has 0 spiro atoms. The quantitative estimate of drug-likeness (QED) is 0.203. The van der Waals surface area contributed by atoms with Crippen LogP contribution in [0.3, 0.4) is 0 Å². The number of nitrogens with zero attached hydrogens (tertiary/aromatic N) is 2. The molecule has 0 radical (unpaired) electrons. The number of fused-ring (bicyclic) bond motifs is 1. The van der Waals surface area contributed by atoms with Gasteiger partial charge in [0.1, 0.15) is 21.4 Å². The Labute approximate surface area is 250 Å². The summed E-state index contributed by atoms with van der Waals surface area (Å²) < 4.78 is 38.7. The Balaban J connectivity index is 0.00000400. The van der Waals surface area contributed by atoms with Crippen LogP contribution >= 0.6 is 23.2 Å². The molecule has 0 aliphatic carbocycles. The summed E-state index contributed by atoms with van der Waals surface area (Å²) in [7, 11) is -3.33. The molecule has 1 amide bonds. The van der Waals surface area contributed by atoms with Gasteiger partial charge in [0.05, 0.1) is 23.5 Å². The molecular weight excluding hydrogens is 564 g/mol. The summed E-state index contributed by atoms with van der Waals surface area (Å²) in [6.07, 6.45) is 0. The van der Waals surface area contributed by atoms with E-state index in [1.807, 2.05) is 0 Å². The third kappa shape index (κ3) is 5.97. The van der Waals surface area contributed by atoms with Crippen LogP contribution in [0.15, 0.2) is 75.8 Å². The number of benzene rings is 4. The Hall–Kier alpha value is -2.70. The van der Waals surface area contributed by atoms with Crippen LogP contribution in [0, 0.1) is 6.92 Å². The minimum Gasteiger partial charge on any atom is -0.870 e. The summed E-state index contributed by atoms with van der Waals surface area (Å²) in [6.45, 7) is 1.54. The summed E-state index contributed by atoms with van der Waals surface area (Å²) in [5.41, 5.74) is -0.130. The average Bonchev–Trinajstić information content (AvgIpc) is 2.85. The number of ether oxygens (including phenoxy) is 1. The second-order valence-corrected chi connectivity index (χ2v) is 9.96. The van der Waals surface area contributed by atoms with Crippen molar-refractivity contribution in [2.45, 2.75) is 11.8 Å². The maximum absolute atomic E-state index is 13.4. The SMILES string of the molecule is COc1cccc(NC(=O)c2cc3ccccc3c(N=Nc3c(C)ccc(Cl)c3S(=O)(=O)O)c2[O-])c1Cl.[Na+]. The third-order valence-corrected chi connectivity index (χ3v) is 7.19. The molecule has 0 aliphatic rings. The molecule has 38 heavy (non-hydrogen) atoms. The van der Waals surface area contributed by atoms with Crippen LogP contribution < -0.4 is 44.7 Å². The molecule has 0 fully saturated rings. The van der Waals surface area contributed by atoms with E-state index in [1.165, 1.54) is 32.2 Å². The first-order valence-corrected chi connectivity index (χ1v) is 12.8. The number of carbonyl (C=O) groups is 1. The number of aryl methyl sites for hydroxylation is 1. The van der Waals surface area contributed by atoms with Crippen molar-refractivity contribution in [1.82, 2.24) is 0 Å². The van der Waals surface area contributed by atoms with Gasteiger partial charge in [-0.25, -0.2) is 0 Å². The van der Waals surface area contributed by atoms with E-state index in [0.717, 1.165) is 0 Å². The number of azo groups is 1. The van der Waals surface area contributed by atoms with E-state index in [9.17, 15) is 22.9 Å². The predicted octanol–water partition coefficient (Wildman–Crippen LogP) is 3.46. The second-order valence-electron chi connectivity index (χ2n) is 7.82. The molecule has 9 nitrogen and oxygen atoms in total. The number of halogens is 2. The molecule has 4 aromatic rings. The van der Waals surface area contributed by atoms with Crippen LogP contribution in [0.5, 0.6) is 11.5 Å². The Bertz CT molecular complexity index is 1700. The van der Waals surface area contributed by atoms with Gasteiger partial charge in [0.2, 0.25) is 0 Å². The Morgan fingerprint density at radius 2 is 1.71 bits per heavy atom. The van der Waals surface area contributed by atoms with Crippen LogP contribution in [-0.4, -0.2) is 26.0 Å². The summed E-state index contributed by atoms with van der Waals surface area (Å²) in [6, 6.07) is 15.7. The second kappa shape index (κ2) is 12.0. The van der Waals surface area contributed by atoms with Gasteiger partial charge >= 0.3 is 29.6 Å². The van der Waals surface area contributed by atoms with Gasteiger partial charge in [0.25, 0.3) is 16.0 Å². The van der Waals surface area contributed by atoms with E-state index in [1.54, 1.807) is 42.5 Å². The van der Waals surface area contributed by atoms with Crippen molar-refractivity contribution >= 4 is 67.1 Å². The first-order valence-electron chi connectivity index (χ1n) is 10.6. The van der Waals surface area contributed by atoms with Gasteiger partial charge in [0.15, 0.2) is 0 Å². The standard InChI is InChI=1S/C25H19Cl2N3O6S.Na/c1-13-10-11-17(26)24(37(33,34)35)21(13)29-30-22-15-7-4-3-6-14(15)12-16(23(22)31)25(32)28-18-8-5-9-19(36-2)20(18)27;/h3-12,31H,1-2H3,(H,28,32)(H,33,34,35);/q;+1/p-1. The monoisotopic (exact) mass is 581 g/mol. The van der Waals surface area contributed by atoms with Crippen LogP contribution in [0.25, 0.3) is 10.8 Å². The molecule has 0 atom stereocenters.